The molecule has 128 valence electrons. The van der Waals surface area contributed by atoms with E-state index in [-0.39, 0.29) is 5.91 Å². The number of hydrogen-bond acceptors (Lipinski definition) is 5. The number of nitrogens with zero attached hydrogens (tertiary/aromatic N) is 4. The molecule has 1 aliphatic carbocycles. The van der Waals surface area contributed by atoms with Crippen LogP contribution in [0, 0.1) is 5.92 Å². The van der Waals surface area contributed by atoms with Crippen LogP contribution in [0.2, 0.25) is 5.02 Å². The molecule has 0 aliphatic heterocycles. The summed E-state index contributed by atoms with van der Waals surface area (Å²) >= 11 is 6.07. The number of aromatic nitrogens is 4. The van der Waals surface area contributed by atoms with Crippen LogP contribution in [0.5, 0.6) is 5.75 Å². The summed E-state index contributed by atoms with van der Waals surface area (Å²) < 4.78 is 7.33. The van der Waals surface area contributed by atoms with E-state index in [1.807, 2.05) is 0 Å². The van der Waals surface area contributed by atoms with E-state index in [2.05, 4.69) is 20.8 Å². The topological polar surface area (TPSA) is 81.4 Å². The van der Waals surface area contributed by atoms with Gasteiger partial charge in [0.25, 0.3) is 5.91 Å². The number of ether oxygens (including phenoxy) is 1. The van der Waals surface area contributed by atoms with Gasteiger partial charge >= 0.3 is 0 Å². The average molecular weight is 358 g/mol. The van der Waals surface area contributed by atoms with Crippen LogP contribution in [0.15, 0.2) is 36.5 Å². The third-order valence-corrected chi connectivity index (χ3v) is 4.58. The van der Waals surface area contributed by atoms with Gasteiger partial charge in [-0.15, -0.1) is 5.10 Å². The van der Waals surface area contributed by atoms with Gasteiger partial charge in [0.1, 0.15) is 5.75 Å². The predicted octanol–water partition coefficient (Wildman–Crippen LogP) is 3.21. The SMILES string of the molecule is O=C(Nc1cc(Cl)ccc1OCC1CCC1)c1ccc2nnnn2c1. The van der Waals surface area contributed by atoms with E-state index in [1.54, 1.807) is 36.5 Å². The monoisotopic (exact) mass is 357 g/mol. The molecule has 1 aliphatic rings. The number of carbonyl (C=O) groups is 1. The molecule has 1 fully saturated rings. The fourth-order valence-corrected chi connectivity index (χ4v) is 2.84. The lowest BCUT2D eigenvalue weighted by atomic mass is 9.86. The number of hydrogen-bond donors (Lipinski definition) is 1. The van der Waals surface area contributed by atoms with Crippen molar-refractivity contribution in [2.24, 2.45) is 5.92 Å². The number of halogens is 1. The first-order valence-corrected chi connectivity index (χ1v) is 8.48. The van der Waals surface area contributed by atoms with E-state index in [0.29, 0.717) is 40.2 Å². The molecule has 3 aromatic rings. The fraction of sp³-hybridized carbons (Fsp3) is 0.294. The largest absolute Gasteiger partial charge is 0.491 e. The van der Waals surface area contributed by atoms with Gasteiger partial charge in [0, 0.05) is 11.2 Å². The lowest BCUT2D eigenvalue weighted by Gasteiger charge is -2.25. The number of tetrazole rings is 1. The zero-order valence-corrected chi connectivity index (χ0v) is 14.1. The van der Waals surface area contributed by atoms with Crippen molar-refractivity contribution >= 4 is 28.8 Å². The van der Waals surface area contributed by atoms with Gasteiger partial charge in [-0.2, -0.15) is 4.52 Å². The van der Waals surface area contributed by atoms with Crippen molar-refractivity contribution in [3.8, 4) is 5.75 Å². The fourth-order valence-electron chi connectivity index (χ4n) is 2.66. The van der Waals surface area contributed by atoms with Crippen LogP contribution in [0.25, 0.3) is 5.65 Å². The Balaban J connectivity index is 1.53. The molecule has 2 aromatic heterocycles. The highest BCUT2D eigenvalue weighted by atomic mass is 35.5. The van der Waals surface area contributed by atoms with Crippen molar-refractivity contribution in [3.05, 3.63) is 47.1 Å². The minimum absolute atomic E-state index is 0.284. The Morgan fingerprint density at radius 2 is 2.20 bits per heavy atom. The molecule has 0 unspecified atom stereocenters. The van der Waals surface area contributed by atoms with E-state index in [1.165, 1.54) is 23.8 Å². The molecular formula is C17H16ClN5O2. The first-order chi connectivity index (χ1) is 12.2. The van der Waals surface area contributed by atoms with E-state index >= 15 is 0 Å². The van der Waals surface area contributed by atoms with Crippen LogP contribution in [0.4, 0.5) is 5.69 Å². The van der Waals surface area contributed by atoms with Crippen LogP contribution in [0.3, 0.4) is 0 Å². The van der Waals surface area contributed by atoms with Crippen molar-refractivity contribution in [3.63, 3.8) is 0 Å². The van der Waals surface area contributed by atoms with Gasteiger partial charge in [-0.05, 0) is 59.5 Å². The van der Waals surface area contributed by atoms with Gasteiger partial charge in [0.2, 0.25) is 0 Å². The second-order valence-electron chi connectivity index (χ2n) is 6.10. The Morgan fingerprint density at radius 1 is 1.32 bits per heavy atom. The van der Waals surface area contributed by atoms with Gasteiger partial charge in [0.15, 0.2) is 5.65 Å². The Morgan fingerprint density at radius 3 is 3.00 bits per heavy atom. The summed E-state index contributed by atoms with van der Waals surface area (Å²) in [6.07, 6.45) is 5.23. The zero-order valence-electron chi connectivity index (χ0n) is 13.4. The Hall–Kier alpha value is -2.67. The second kappa shape index (κ2) is 6.68. The quantitative estimate of drug-likeness (QED) is 0.758. The van der Waals surface area contributed by atoms with Crippen molar-refractivity contribution in [1.82, 2.24) is 20.0 Å². The first-order valence-electron chi connectivity index (χ1n) is 8.10. The van der Waals surface area contributed by atoms with Crippen molar-refractivity contribution in [1.29, 1.82) is 0 Å². The molecule has 0 bridgehead atoms. The van der Waals surface area contributed by atoms with Gasteiger partial charge < -0.3 is 10.1 Å². The maximum Gasteiger partial charge on any atom is 0.257 e. The van der Waals surface area contributed by atoms with Crippen molar-refractivity contribution < 1.29 is 9.53 Å². The number of amides is 1. The number of anilines is 1. The maximum atomic E-state index is 12.6. The van der Waals surface area contributed by atoms with E-state index < -0.39 is 0 Å². The summed E-state index contributed by atoms with van der Waals surface area (Å²) in [7, 11) is 0. The van der Waals surface area contributed by atoms with Gasteiger partial charge in [-0.25, -0.2) is 0 Å². The van der Waals surface area contributed by atoms with Crippen LogP contribution >= 0.6 is 11.6 Å². The molecule has 0 spiro atoms. The highest BCUT2D eigenvalue weighted by Gasteiger charge is 2.19. The van der Waals surface area contributed by atoms with Crippen LogP contribution in [-0.4, -0.2) is 32.6 Å². The number of nitrogens with one attached hydrogen (secondary N) is 1. The Labute approximate surface area is 148 Å². The summed E-state index contributed by atoms with van der Waals surface area (Å²) in [5.41, 5.74) is 1.56. The molecule has 7 nitrogen and oxygen atoms in total. The van der Waals surface area contributed by atoms with E-state index in [0.717, 1.165) is 0 Å². The molecule has 1 amide bonds. The van der Waals surface area contributed by atoms with E-state index in [4.69, 9.17) is 16.3 Å². The minimum atomic E-state index is -0.284. The number of fused-ring (bicyclic) bond motifs is 1. The standard InChI is InChI=1S/C17H16ClN5O2/c18-13-5-6-15(25-10-11-2-1-3-11)14(8-13)19-17(24)12-4-7-16-20-21-22-23(16)9-12/h4-9,11H,1-3,10H2,(H,19,24). The Bertz CT molecular complexity index is 922. The van der Waals surface area contributed by atoms with Crippen molar-refractivity contribution in [2.45, 2.75) is 19.3 Å². The minimum Gasteiger partial charge on any atom is -0.491 e. The second-order valence-corrected chi connectivity index (χ2v) is 6.54. The summed E-state index contributed by atoms with van der Waals surface area (Å²) in [6.45, 7) is 0.654. The molecule has 4 rings (SSSR count). The smallest absolute Gasteiger partial charge is 0.257 e. The highest BCUT2D eigenvalue weighted by molar-refractivity contribution is 6.31. The first kappa shape index (κ1) is 15.8. The third kappa shape index (κ3) is 3.41. The Kier molecular flexibility index (Phi) is 4.23. The molecule has 1 saturated carbocycles. The molecule has 0 radical (unpaired) electrons. The number of pyridine rings is 1. The molecule has 1 N–H and O–H groups in total. The lowest BCUT2D eigenvalue weighted by molar-refractivity contribution is 0.102. The summed E-state index contributed by atoms with van der Waals surface area (Å²) in [5, 5.41) is 14.6. The third-order valence-electron chi connectivity index (χ3n) is 4.34. The maximum absolute atomic E-state index is 12.6. The highest BCUT2D eigenvalue weighted by Crippen LogP contribution is 2.32. The molecular weight excluding hydrogens is 342 g/mol. The summed E-state index contributed by atoms with van der Waals surface area (Å²) in [6, 6.07) is 8.56. The van der Waals surface area contributed by atoms with Crippen LogP contribution < -0.4 is 10.1 Å². The van der Waals surface area contributed by atoms with Crippen LogP contribution in [-0.2, 0) is 0 Å². The predicted molar refractivity (Wildman–Crippen MR) is 93.0 cm³/mol. The van der Waals surface area contributed by atoms with Crippen molar-refractivity contribution in [2.75, 3.05) is 11.9 Å². The van der Waals surface area contributed by atoms with Crippen LogP contribution in [0.1, 0.15) is 29.6 Å². The molecule has 2 heterocycles. The van der Waals surface area contributed by atoms with Gasteiger partial charge in [-0.1, -0.05) is 18.0 Å². The van der Waals surface area contributed by atoms with Gasteiger partial charge in [0.05, 0.1) is 17.9 Å². The summed E-state index contributed by atoms with van der Waals surface area (Å²) in [5.74, 6) is 0.933. The molecule has 0 saturated heterocycles. The average Bonchev–Trinajstić information content (AvgIpc) is 3.02. The number of benzene rings is 1. The molecule has 0 atom stereocenters. The zero-order chi connectivity index (χ0) is 17.2. The summed E-state index contributed by atoms with van der Waals surface area (Å²) in [4.78, 5) is 12.6. The molecule has 1 aromatic carbocycles. The normalized spacial score (nSPS) is 14.3. The number of carbonyl (C=O) groups excluding carboxylic acids is 1. The molecule has 25 heavy (non-hydrogen) atoms. The van der Waals surface area contributed by atoms with E-state index in [9.17, 15) is 4.79 Å². The van der Waals surface area contributed by atoms with Gasteiger partial charge in [-0.3, -0.25) is 4.79 Å². The lowest BCUT2D eigenvalue weighted by Crippen LogP contribution is -2.20. The molecule has 8 heteroatoms. The number of rotatable bonds is 5.